The molecule has 2 aromatic rings. The number of piperidine rings is 1. The third-order valence-electron chi connectivity index (χ3n) is 6.60. The van der Waals surface area contributed by atoms with E-state index in [4.69, 9.17) is 4.74 Å². The summed E-state index contributed by atoms with van der Waals surface area (Å²) in [6.45, 7) is 8.42. The van der Waals surface area contributed by atoms with E-state index in [2.05, 4.69) is 4.90 Å². The largest absolute Gasteiger partial charge is 0.379 e. The average Bonchev–Trinajstić information content (AvgIpc) is 2.84. The standard InChI is InChI=1S/C26H32N2O3/c1-20(23-8-5-9-24(18-23)25(29)22-6-3-2-4-7-22)26(30)28-12-10-21(11-13-28)19-27-14-16-31-17-15-27/h2-9,18,20-21H,10-17,19H2,1H3. The molecule has 5 nitrogen and oxygen atoms in total. The Morgan fingerprint density at radius 2 is 1.61 bits per heavy atom. The highest BCUT2D eigenvalue weighted by Crippen LogP contribution is 2.25. The van der Waals surface area contributed by atoms with Crippen molar-refractivity contribution >= 4 is 11.7 Å². The number of ether oxygens (including phenoxy) is 1. The lowest BCUT2D eigenvalue weighted by atomic mass is 9.92. The van der Waals surface area contributed by atoms with Crippen LogP contribution in [0, 0.1) is 5.92 Å². The minimum absolute atomic E-state index is 0.00831. The maximum Gasteiger partial charge on any atom is 0.229 e. The number of nitrogens with zero attached hydrogens (tertiary/aromatic N) is 2. The van der Waals surface area contributed by atoms with Crippen LogP contribution in [0.4, 0.5) is 0 Å². The fourth-order valence-corrected chi connectivity index (χ4v) is 4.61. The highest BCUT2D eigenvalue weighted by Gasteiger charge is 2.28. The molecule has 31 heavy (non-hydrogen) atoms. The normalized spacial score (nSPS) is 19.2. The van der Waals surface area contributed by atoms with E-state index in [1.807, 2.05) is 66.4 Å². The quantitative estimate of drug-likeness (QED) is 0.670. The number of ketones is 1. The van der Waals surface area contributed by atoms with Gasteiger partial charge in [-0.1, -0.05) is 48.5 Å². The summed E-state index contributed by atoms with van der Waals surface area (Å²) in [4.78, 5) is 30.4. The number of carbonyl (C=O) groups is 2. The molecule has 2 aliphatic rings. The van der Waals surface area contributed by atoms with Crippen LogP contribution in [-0.4, -0.2) is 67.4 Å². The first-order valence-electron chi connectivity index (χ1n) is 11.4. The molecule has 1 atom stereocenters. The molecule has 0 saturated carbocycles. The van der Waals surface area contributed by atoms with Crippen LogP contribution in [0.3, 0.4) is 0 Å². The number of rotatable bonds is 6. The fraction of sp³-hybridized carbons (Fsp3) is 0.462. The Bertz CT molecular complexity index is 885. The van der Waals surface area contributed by atoms with E-state index in [9.17, 15) is 9.59 Å². The van der Waals surface area contributed by atoms with E-state index < -0.39 is 0 Å². The SMILES string of the molecule is CC(C(=O)N1CCC(CN2CCOCC2)CC1)c1cccc(C(=O)c2ccccc2)c1. The van der Waals surface area contributed by atoms with Crippen LogP contribution in [0.1, 0.15) is 47.2 Å². The van der Waals surface area contributed by atoms with E-state index in [0.717, 1.165) is 64.3 Å². The first kappa shape index (κ1) is 21.7. The van der Waals surface area contributed by atoms with Crippen LogP contribution in [-0.2, 0) is 9.53 Å². The summed E-state index contributed by atoms with van der Waals surface area (Å²) in [5, 5.41) is 0. The van der Waals surface area contributed by atoms with E-state index in [0.29, 0.717) is 17.0 Å². The lowest BCUT2D eigenvalue weighted by Gasteiger charge is -2.37. The first-order valence-corrected chi connectivity index (χ1v) is 11.4. The van der Waals surface area contributed by atoms with Gasteiger partial charge in [0, 0.05) is 43.9 Å². The molecule has 0 aromatic heterocycles. The highest BCUT2D eigenvalue weighted by molar-refractivity contribution is 6.09. The summed E-state index contributed by atoms with van der Waals surface area (Å²) >= 11 is 0. The lowest BCUT2D eigenvalue weighted by molar-refractivity contribution is -0.134. The summed E-state index contributed by atoms with van der Waals surface area (Å²) in [7, 11) is 0. The van der Waals surface area contributed by atoms with Crippen LogP contribution in [0.2, 0.25) is 0 Å². The van der Waals surface area contributed by atoms with Crippen LogP contribution in [0.5, 0.6) is 0 Å². The molecule has 2 saturated heterocycles. The third-order valence-corrected chi connectivity index (χ3v) is 6.60. The summed E-state index contributed by atoms with van der Waals surface area (Å²) in [5.41, 5.74) is 2.20. The van der Waals surface area contributed by atoms with Gasteiger partial charge < -0.3 is 9.64 Å². The van der Waals surface area contributed by atoms with Crippen molar-refractivity contribution < 1.29 is 14.3 Å². The molecule has 0 aliphatic carbocycles. The molecule has 164 valence electrons. The molecule has 0 spiro atoms. The van der Waals surface area contributed by atoms with Crippen molar-refractivity contribution in [2.45, 2.75) is 25.7 Å². The van der Waals surface area contributed by atoms with Crippen molar-refractivity contribution in [1.82, 2.24) is 9.80 Å². The molecule has 0 bridgehead atoms. The fourth-order valence-electron chi connectivity index (χ4n) is 4.61. The van der Waals surface area contributed by atoms with Crippen molar-refractivity contribution in [2.24, 2.45) is 5.92 Å². The van der Waals surface area contributed by atoms with E-state index in [1.54, 1.807) is 0 Å². The van der Waals surface area contributed by atoms with Gasteiger partial charge >= 0.3 is 0 Å². The topological polar surface area (TPSA) is 49.9 Å². The second-order valence-electron chi connectivity index (χ2n) is 8.72. The van der Waals surface area contributed by atoms with Crippen LogP contribution >= 0.6 is 0 Å². The van der Waals surface area contributed by atoms with E-state index >= 15 is 0 Å². The minimum Gasteiger partial charge on any atom is -0.379 e. The molecule has 2 fully saturated rings. The Morgan fingerprint density at radius 3 is 2.32 bits per heavy atom. The van der Waals surface area contributed by atoms with Gasteiger partial charge in [-0.2, -0.15) is 0 Å². The predicted octanol–water partition coefficient (Wildman–Crippen LogP) is 3.59. The van der Waals surface area contributed by atoms with Crippen LogP contribution < -0.4 is 0 Å². The number of likely N-dealkylation sites (tertiary alicyclic amines) is 1. The Morgan fingerprint density at radius 1 is 0.935 bits per heavy atom. The smallest absolute Gasteiger partial charge is 0.229 e. The second-order valence-corrected chi connectivity index (χ2v) is 8.72. The third kappa shape index (κ3) is 5.41. The molecular weight excluding hydrogens is 388 g/mol. The second kappa shape index (κ2) is 10.2. The van der Waals surface area contributed by atoms with Gasteiger partial charge in [-0.3, -0.25) is 14.5 Å². The van der Waals surface area contributed by atoms with Crippen molar-refractivity contribution in [2.75, 3.05) is 45.9 Å². The Labute approximate surface area is 185 Å². The number of morpholine rings is 1. The van der Waals surface area contributed by atoms with Gasteiger partial charge in [0.15, 0.2) is 5.78 Å². The molecule has 4 rings (SSSR count). The Hall–Kier alpha value is -2.50. The summed E-state index contributed by atoms with van der Waals surface area (Å²) < 4.78 is 5.44. The van der Waals surface area contributed by atoms with Gasteiger partial charge in [0.1, 0.15) is 0 Å². The number of amides is 1. The van der Waals surface area contributed by atoms with Crippen molar-refractivity contribution in [3.8, 4) is 0 Å². The zero-order valence-corrected chi connectivity index (χ0v) is 18.3. The molecule has 0 N–H and O–H groups in total. The number of hydrogen-bond donors (Lipinski definition) is 0. The highest BCUT2D eigenvalue weighted by atomic mass is 16.5. The van der Waals surface area contributed by atoms with Crippen molar-refractivity contribution in [3.63, 3.8) is 0 Å². The Balaban J connectivity index is 1.35. The maximum absolute atomic E-state index is 13.2. The summed E-state index contributed by atoms with van der Waals surface area (Å²) in [6.07, 6.45) is 2.12. The monoisotopic (exact) mass is 420 g/mol. The molecule has 2 aliphatic heterocycles. The molecule has 5 heteroatoms. The lowest BCUT2D eigenvalue weighted by Crippen LogP contribution is -2.45. The average molecular weight is 421 g/mol. The van der Waals surface area contributed by atoms with Crippen molar-refractivity contribution in [3.05, 3.63) is 71.3 Å². The zero-order chi connectivity index (χ0) is 21.6. The van der Waals surface area contributed by atoms with Gasteiger partial charge in [0.25, 0.3) is 0 Å². The molecule has 1 amide bonds. The number of carbonyl (C=O) groups excluding carboxylic acids is 2. The molecule has 1 unspecified atom stereocenters. The predicted molar refractivity (Wildman–Crippen MR) is 121 cm³/mol. The van der Waals surface area contributed by atoms with E-state index in [1.165, 1.54) is 0 Å². The maximum atomic E-state index is 13.2. The number of benzene rings is 2. The summed E-state index contributed by atoms with van der Waals surface area (Å²) in [6, 6.07) is 16.8. The van der Waals surface area contributed by atoms with Crippen molar-refractivity contribution in [1.29, 1.82) is 0 Å². The van der Waals surface area contributed by atoms with Gasteiger partial charge in [0.2, 0.25) is 5.91 Å². The van der Waals surface area contributed by atoms with Gasteiger partial charge in [-0.15, -0.1) is 0 Å². The molecular formula is C26H32N2O3. The molecule has 2 heterocycles. The Kier molecular flexibility index (Phi) is 7.15. The minimum atomic E-state index is -0.251. The van der Waals surface area contributed by atoms with Gasteiger partial charge in [0.05, 0.1) is 19.1 Å². The molecule has 2 aromatic carbocycles. The van der Waals surface area contributed by atoms with Crippen LogP contribution in [0.25, 0.3) is 0 Å². The van der Waals surface area contributed by atoms with Gasteiger partial charge in [-0.25, -0.2) is 0 Å². The molecule has 0 radical (unpaired) electrons. The summed E-state index contributed by atoms with van der Waals surface area (Å²) in [5.74, 6) is 0.559. The van der Waals surface area contributed by atoms with E-state index in [-0.39, 0.29) is 17.6 Å². The van der Waals surface area contributed by atoms with Gasteiger partial charge in [-0.05, 0) is 37.3 Å². The first-order chi connectivity index (χ1) is 15.1. The zero-order valence-electron chi connectivity index (χ0n) is 18.3. The van der Waals surface area contributed by atoms with Crippen LogP contribution in [0.15, 0.2) is 54.6 Å². The number of hydrogen-bond acceptors (Lipinski definition) is 4.